The third-order valence-corrected chi connectivity index (χ3v) is 4.44. The van der Waals surface area contributed by atoms with E-state index < -0.39 is 0 Å². The minimum atomic E-state index is -0.323. The second-order valence-electron chi connectivity index (χ2n) is 7.28. The number of aliphatic hydroxyl groups is 1. The van der Waals surface area contributed by atoms with Crippen LogP contribution in [0.2, 0.25) is 0 Å². The minimum Gasteiger partial charge on any atom is -0.391 e. The molecule has 1 heterocycles. The number of carbonyl (C=O) groups excluding carboxylic acids is 1. The zero-order valence-corrected chi connectivity index (χ0v) is 14.1. The highest BCUT2D eigenvalue weighted by molar-refractivity contribution is 5.79. The van der Waals surface area contributed by atoms with Gasteiger partial charge in [0.25, 0.3) is 0 Å². The molecule has 1 rings (SSSR count). The standard InChI is InChI=1S/C16H33N3O2/c1-5-6-7-13(15(17)21)19-10-8-18(9-11-19)12-14(20)16(2,3)4/h13-14,20H,5-12H2,1-4H3,(H2,17,21)/t13-,14-/m0/s1. The van der Waals surface area contributed by atoms with Gasteiger partial charge < -0.3 is 10.8 Å². The Labute approximate surface area is 129 Å². The fraction of sp³-hybridized carbons (Fsp3) is 0.938. The Morgan fingerprint density at radius 1 is 1.24 bits per heavy atom. The van der Waals surface area contributed by atoms with E-state index in [0.717, 1.165) is 45.4 Å². The molecule has 0 spiro atoms. The highest BCUT2D eigenvalue weighted by atomic mass is 16.3. The van der Waals surface area contributed by atoms with E-state index in [9.17, 15) is 9.90 Å². The van der Waals surface area contributed by atoms with Gasteiger partial charge in [0.1, 0.15) is 0 Å². The summed E-state index contributed by atoms with van der Waals surface area (Å²) < 4.78 is 0. The number of amides is 1. The van der Waals surface area contributed by atoms with E-state index in [1.54, 1.807) is 0 Å². The van der Waals surface area contributed by atoms with Crippen LogP contribution in [0.15, 0.2) is 0 Å². The predicted molar refractivity (Wildman–Crippen MR) is 86.0 cm³/mol. The van der Waals surface area contributed by atoms with Crippen molar-refractivity contribution in [2.45, 2.75) is 59.1 Å². The van der Waals surface area contributed by atoms with E-state index in [-0.39, 0.29) is 23.5 Å². The summed E-state index contributed by atoms with van der Waals surface area (Å²) in [5, 5.41) is 10.2. The first-order valence-electron chi connectivity index (χ1n) is 8.19. The van der Waals surface area contributed by atoms with Crippen molar-refractivity contribution < 1.29 is 9.90 Å². The van der Waals surface area contributed by atoms with Crippen LogP contribution >= 0.6 is 0 Å². The third kappa shape index (κ3) is 5.93. The van der Waals surface area contributed by atoms with Crippen LogP contribution in [0.25, 0.3) is 0 Å². The molecule has 21 heavy (non-hydrogen) atoms. The summed E-state index contributed by atoms with van der Waals surface area (Å²) in [5.74, 6) is -0.202. The molecule has 0 saturated carbocycles. The SMILES string of the molecule is CCCC[C@@H](C(N)=O)N1CCN(C[C@H](O)C(C)(C)C)CC1. The fourth-order valence-corrected chi connectivity index (χ4v) is 2.68. The van der Waals surface area contributed by atoms with Gasteiger partial charge in [-0.2, -0.15) is 0 Å². The molecule has 0 aromatic rings. The molecule has 5 heteroatoms. The number of rotatable bonds is 7. The van der Waals surface area contributed by atoms with E-state index in [1.807, 2.05) is 0 Å². The molecule has 5 nitrogen and oxygen atoms in total. The minimum absolute atomic E-state index is 0.0893. The van der Waals surface area contributed by atoms with Crippen molar-refractivity contribution in [1.29, 1.82) is 0 Å². The summed E-state index contributed by atoms with van der Waals surface area (Å²) >= 11 is 0. The molecule has 1 aliphatic rings. The summed E-state index contributed by atoms with van der Waals surface area (Å²) in [6, 6.07) is -0.125. The lowest BCUT2D eigenvalue weighted by molar-refractivity contribution is -0.124. The average molecular weight is 299 g/mol. The Bertz CT molecular complexity index is 320. The molecule has 1 amide bonds. The molecule has 0 bridgehead atoms. The molecule has 1 fully saturated rings. The Kier molecular flexibility index (Phi) is 7.10. The fourth-order valence-electron chi connectivity index (χ4n) is 2.68. The molecule has 0 aliphatic carbocycles. The van der Waals surface area contributed by atoms with Crippen molar-refractivity contribution in [2.75, 3.05) is 32.7 Å². The largest absolute Gasteiger partial charge is 0.391 e. The number of hydrogen-bond acceptors (Lipinski definition) is 4. The van der Waals surface area contributed by atoms with Crippen LogP contribution in [-0.4, -0.2) is 65.7 Å². The van der Waals surface area contributed by atoms with Crippen molar-refractivity contribution in [3.05, 3.63) is 0 Å². The molecule has 0 unspecified atom stereocenters. The third-order valence-electron chi connectivity index (χ3n) is 4.44. The molecular formula is C16H33N3O2. The number of primary amides is 1. The van der Waals surface area contributed by atoms with E-state index in [4.69, 9.17) is 5.73 Å². The van der Waals surface area contributed by atoms with Crippen LogP contribution in [0.3, 0.4) is 0 Å². The Hall–Kier alpha value is -0.650. The highest BCUT2D eigenvalue weighted by Crippen LogP contribution is 2.21. The summed E-state index contributed by atoms with van der Waals surface area (Å²) in [7, 11) is 0. The van der Waals surface area contributed by atoms with Crippen molar-refractivity contribution in [3.63, 3.8) is 0 Å². The molecule has 124 valence electrons. The zero-order chi connectivity index (χ0) is 16.0. The topological polar surface area (TPSA) is 69.8 Å². The summed E-state index contributed by atoms with van der Waals surface area (Å²) in [6.45, 7) is 12.5. The molecule has 1 saturated heterocycles. The van der Waals surface area contributed by atoms with Gasteiger partial charge in [-0.3, -0.25) is 14.6 Å². The van der Waals surface area contributed by atoms with Crippen LogP contribution < -0.4 is 5.73 Å². The van der Waals surface area contributed by atoms with Crippen molar-refractivity contribution >= 4 is 5.91 Å². The lowest BCUT2D eigenvalue weighted by atomic mass is 9.89. The lowest BCUT2D eigenvalue weighted by Gasteiger charge is -2.40. The van der Waals surface area contributed by atoms with E-state index in [1.165, 1.54) is 0 Å². The van der Waals surface area contributed by atoms with Gasteiger partial charge in [-0.1, -0.05) is 40.5 Å². The summed E-state index contributed by atoms with van der Waals surface area (Å²) in [4.78, 5) is 16.1. The second kappa shape index (κ2) is 8.11. The van der Waals surface area contributed by atoms with E-state index in [2.05, 4.69) is 37.5 Å². The molecule has 2 atom stereocenters. The quantitative estimate of drug-likeness (QED) is 0.737. The first-order valence-corrected chi connectivity index (χ1v) is 8.19. The Balaban J connectivity index is 2.45. The maximum atomic E-state index is 11.6. The smallest absolute Gasteiger partial charge is 0.234 e. The predicted octanol–water partition coefficient (Wildman–Crippen LogP) is 1.06. The number of aliphatic hydroxyl groups excluding tert-OH is 1. The van der Waals surface area contributed by atoms with Gasteiger partial charge >= 0.3 is 0 Å². The number of nitrogens with zero attached hydrogens (tertiary/aromatic N) is 2. The maximum Gasteiger partial charge on any atom is 0.234 e. The number of nitrogens with two attached hydrogens (primary N) is 1. The van der Waals surface area contributed by atoms with Crippen LogP contribution in [-0.2, 0) is 4.79 Å². The maximum absolute atomic E-state index is 11.6. The van der Waals surface area contributed by atoms with Gasteiger partial charge in [0, 0.05) is 32.7 Å². The number of β-amino-alcohol motifs (C(OH)–C–C–N with tert-alkyl or cyclic N) is 1. The van der Waals surface area contributed by atoms with Gasteiger partial charge in [-0.15, -0.1) is 0 Å². The van der Waals surface area contributed by atoms with Crippen LogP contribution in [0.1, 0.15) is 47.0 Å². The monoisotopic (exact) mass is 299 g/mol. The molecule has 1 aliphatic heterocycles. The molecule has 0 aromatic carbocycles. The Morgan fingerprint density at radius 3 is 2.24 bits per heavy atom. The van der Waals surface area contributed by atoms with Gasteiger partial charge in [0.05, 0.1) is 12.1 Å². The Morgan fingerprint density at radius 2 is 1.81 bits per heavy atom. The van der Waals surface area contributed by atoms with Gasteiger partial charge in [-0.05, 0) is 11.8 Å². The zero-order valence-electron chi connectivity index (χ0n) is 14.1. The molecule has 0 radical (unpaired) electrons. The number of carbonyl (C=O) groups is 1. The van der Waals surface area contributed by atoms with E-state index >= 15 is 0 Å². The van der Waals surface area contributed by atoms with Crippen molar-refractivity contribution in [2.24, 2.45) is 11.1 Å². The normalized spacial score (nSPS) is 21.2. The molecular weight excluding hydrogens is 266 g/mol. The van der Waals surface area contributed by atoms with Crippen LogP contribution in [0.5, 0.6) is 0 Å². The number of unbranched alkanes of at least 4 members (excludes halogenated alkanes) is 1. The van der Waals surface area contributed by atoms with Crippen LogP contribution in [0, 0.1) is 5.41 Å². The van der Waals surface area contributed by atoms with Gasteiger partial charge in [-0.25, -0.2) is 0 Å². The average Bonchev–Trinajstić information content (AvgIpc) is 2.39. The highest BCUT2D eigenvalue weighted by Gasteiger charge is 2.29. The van der Waals surface area contributed by atoms with Crippen LogP contribution in [0.4, 0.5) is 0 Å². The lowest BCUT2D eigenvalue weighted by Crippen LogP contribution is -2.55. The van der Waals surface area contributed by atoms with Crippen molar-refractivity contribution in [3.8, 4) is 0 Å². The number of hydrogen-bond donors (Lipinski definition) is 2. The number of piperazine rings is 1. The van der Waals surface area contributed by atoms with E-state index in [0.29, 0.717) is 6.54 Å². The van der Waals surface area contributed by atoms with Crippen molar-refractivity contribution in [1.82, 2.24) is 9.80 Å². The molecule has 0 aromatic heterocycles. The molecule has 3 N–H and O–H groups in total. The summed E-state index contributed by atoms with van der Waals surface area (Å²) in [6.07, 6.45) is 2.66. The first-order chi connectivity index (χ1) is 9.75. The second-order valence-corrected chi connectivity index (χ2v) is 7.28. The summed E-state index contributed by atoms with van der Waals surface area (Å²) in [5.41, 5.74) is 5.46. The van der Waals surface area contributed by atoms with Gasteiger partial charge in [0.15, 0.2) is 0 Å². The van der Waals surface area contributed by atoms with Gasteiger partial charge in [0.2, 0.25) is 5.91 Å². The first kappa shape index (κ1) is 18.4.